The standard InChI is InChI=1S/C33H27N3O4S/c1-20-29(31(37)35-23-13-5-4-6-14-23)30(26-17-16-24(39-2)19-27(26)40-3)36-32(38)28(41-33(36)34-20)18-22-12-9-11-21-10-7-8-15-25(21)22/h4-19,30H,1-3H3,(H,35,37)/b28-18-/t30-/m1/s1. The number of hydrogen-bond donors (Lipinski definition) is 1. The van der Waals surface area contributed by atoms with E-state index >= 15 is 0 Å². The summed E-state index contributed by atoms with van der Waals surface area (Å²) < 4.78 is 13.3. The van der Waals surface area contributed by atoms with E-state index in [0.717, 1.165) is 16.3 Å². The number of para-hydroxylation sites is 1. The fourth-order valence-corrected chi connectivity index (χ4v) is 6.23. The van der Waals surface area contributed by atoms with Gasteiger partial charge in [-0.1, -0.05) is 72.0 Å². The van der Waals surface area contributed by atoms with E-state index in [1.54, 1.807) is 37.8 Å². The maximum Gasteiger partial charge on any atom is 0.271 e. The van der Waals surface area contributed by atoms with Gasteiger partial charge < -0.3 is 14.8 Å². The molecule has 1 N–H and O–H groups in total. The van der Waals surface area contributed by atoms with E-state index in [1.807, 2.05) is 84.9 Å². The van der Waals surface area contributed by atoms with Crippen LogP contribution in [0.25, 0.3) is 16.8 Å². The van der Waals surface area contributed by atoms with Crippen LogP contribution in [0, 0.1) is 0 Å². The molecule has 2 heterocycles. The van der Waals surface area contributed by atoms with Crippen LogP contribution in [0.1, 0.15) is 24.1 Å². The molecule has 1 aliphatic rings. The lowest BCUT2D eigenvalue weighted by atomic mass is 9.94. The molecule has 204 valence electrons. The Labute approximate surface area is 240 Å². The smallest absolute Gasteiger partial charge is 0.271 e. The Morgan fingerprint density at radius 3 is 2.49 bits per heavy atom. The van der Waals surface area contributed by atoms with E-state index in [0.29, 0.717) is 43.4 Å². The molecule has 1 aromatic heterocycles. The molecule has 0 saturated carbocycles. The summed E-state index contributed by atoms with van der Waals surface area (Å²) in [4.78, 5) is 33.3. The molecule has 41 heavy (non-hydrogen) atoms. The predicted molar refractivity (Wildman–Crippen MR) is 162 cm³/mol. The summed E-state index contributed by atoms with van der Waals surface area (Å²) >= 11 is 1.30. The van der Waals surface area contributed by atoms with E-state index < -0.39 is 6.04 Å². The van der Waals surface area contributed by atoms with Crippen LogP contribution < -0.4 is 29.7 Å². The van der Waals surface area contributed by atoms with Crippen molar-refractivity contribution in [1.29, 1.82) is 0 Å². The number of nitrogens with one attached hydrogen (secondary N) is 1. The maximum atomic E-state index is 14.2. The highest BCUT2D eigenvalue weighted by Crippen LogP contribution is 2.37. The Morgan fingerprint density at radius 1 is 0.951 bits per heavy atom. The minimum absolute atomic E-state index is 0.234. The average Bonchev–Trinajstić information content (AvgIpc) is 3.30. The molecule has 1 amide bonds. The van der Waals surface area contributed by atoms with Crippen LogP contribution in [-0.2, 0) is 4.79 Å². The number of aromatic nitrogens is 1. The lowest BCUT2D eigenvalue weighted by Gasteiger charge is -2.26. The number of amides is 1. The summed E-state index contributed by atoms with van der Waals surface area (Å²) in [5.74, 6) is 0.756. The number of hydrogen-bond acceptors (Lipinski definition) is 6. The fourth-order valence-electron chi connectivity index (χ4n) is 5.19. The minimum atomic E-state index is -0.773. The monoisotopic (exact) mass is 561 g/mol. The van der Waals surface area contributed by atoms with Crippen LogP contribution in [0.15, 0.2) is 112 Å². The number of allylic oxidation sites excluding steroid dienone is 1. The van der Waals surface area contributed by atoms with Crippen LogP contribution in [0.2, 0.25) is 0 Å². The minimum Gasteiger partial charge on any atom is -0.497 e. The van der Waals surface area contributed by atoms with Crippen LogP contribution in [0.5, 0.6) is 11.5 Å². The molecule has 0 radical (unpaired) electrons. The van der Waals surface area contributed by atoms with Gasteiger partial charge in [0.1, 0.15) is 17.5 Å². The zero-order chi connectivity index (χ0) is 28.5. The predicted octanol–water partition coefficient (Wildman–Crippen LogP) is 5.04. The van der Waals surface area contributed by atoms with Crippen LogP contribution in [0.4, 0.5) is 5.69 Å². The van der Waals surface area contributed by atoms with Gasteiger partial charge in [0.05, 0.1) is 30.0 Å². The molecule has 0 bridgehead atoms. The summed E-state index contributed by atoms with van der Waals surface area (Å²) in [6, 6.07) is 27.9. The van der Waals surface area contributed by atoms with Crippen LogP contribution >= 0.6 is 11.3 Å². The lowest BCUT2D eigenvalue weighted by Crippen LogP contribution is -2.40. The number of anilines is 1. The molecular weight excluding hydrogens is 534 g/mol. The molecule has 0 fully saturated rings. The van der Waals surface area contributed by atoms with Crippen molar-refractivity contribution in [3.05, 3.63) is 133 Å². The van der Waals surface area contributed by atoms with Crippen molar-refractivity contribution in [3.8, 4) is 11.5 Å². The second-order valence-electron chi connectivity index (χ2n) is 9.58. The van der Waals surface area contributed by atoms with Gasteiger partial charge in [-0.05, 0) is 53.6 Å². The highest BCUT2D eigenvalue weighted by molar-refractivity contribution is 7.07. The third-order valence-electron chi connectivity index (χ3n) is 7.14. The van der Waals surface area contributed by atoms with Gasteiger partial charge in [0.25, 0.3) is 11.5 Å². The Morgan fingerprint density at radius 2 is 1.71 bits per heavy atom. The highest BCUT2D eigenvalue weighted by atomic mass is 32.1. The maximum absolute atomic E-state index is 14.2. The number of methoxy groups -OCH3 is 2. The van der Waals surface area contributed by atoms with E-state index in [-0.39, 0.29) is 11.5 Å². The number of carbonyl (C=O) groups excluding carboxylic acids is 1. The molecular formula is C33H27N3O4S. The molecule has 5 aromatic rings. The van der Waals surface area contributed by atoms with Gasteiger partial charge >= 0.3 is 0 Å². The van der Waals surface area contributed by atoms with Crippen molar-refractivity contribution in [3.63, 3.8) is 0 Å². The lowest BCUT2D eigenvalue weighted by molar-refractivity contribution is -0.113. The Balaban J connectivity index is 1.57. The normalized spacial score (nSPS) is 14.9. The summed E-state index contributed by atoms with van der Waals surface area (Å²) in [6.07, 6.45) is 1.90. The third kappa shape index (κ3) is 4.83. The number of thiazole rings is 1. The molecule has 0 aliphatic carbocycles. The number of fused-ring (bicyclic) bond motifs is 2. The molecule has 7 nitrogen and oxygen atoms in total. The molecule has 0 spiro atoms. The van der Waals surface area contributed by atoms with E-state index in [1.165, 1.54) is 11.3 Å². The molecule has 6 rings (SSSR count). The zero-order valence-corrected chi connectivity index (χ0v) is 23.6. The first kappa shape index (κ1) is 26.3. The van der Waals surface area contributed by atoms with Crippen LogP contribution in [-0.4, -0.2) is 24.7 Å². The first-order valence-corrected chi connectivity index (χ1v) is 13.9. The second kappa shape index (κ2) is 10.9. The first-order chi connectivity index (χ1) is 20.0. The van der Waals surface area contributed by atoms with E-state index in [9.17, 15) is 9.59 Å². The second-order valence-corrected chi connectivity index (χ2v) is 10.6. The van der Waals surface area contributed by atoms with Crippen molar-refractivity contribution < 1.29 is 14.3 Å². The number of nitrogens with zero attached hydrogens (tertiary/aromatic N) is 2. The number of rotatable bonds is 6. The number of benzene rings is 4. The number of ether oxygens (including phenoxy) is 2. The number of carbonyl (C=O) groups is 1. The van der Waals surface area contributed by atoms with Gasteiger partial charge in [0.2, 0.25) is 0 Å². The Hall–Kier alpha value is -4.95. The first-order valence-electron chi connectivity index (χ1n) is 13.1. The molecule has 1 aliphatic heterocycles. The quantitative estimate of drug-likeness (QED) is 0.315. The van der Waals surface area contributed by atoms with Gasteiger partial charge in [-0.2, -0.15) is 0 Å². The SMILES string of the molecule is COc1ccc([C@@H]2C(C(=O)Nc3ccccc3)=C(C)N=c3s/c(=C\c4cccc5ccccc45)c(=O)n32)c(OC)c1. The summed E-state index contributed by atoms with van der Waals surface area (Å²) in [5, 5.41) is 5.11. The van der Waals surface area contributed by atoms with Gasteiger partial charge in [0.15, 0.2) is 4.80 Å². The molecule has 4 aromatic carbocycles. The van der Waals surface area contributed by atoms with E-state index in [4.69, 9.17) is 14.5 Å². The van der Waals surface area contributed by atoms with Crippen molar-refractivity contribution in [2.24, 2.45) is 4.99 Å². The molecule has 0 saturated heterocycles. The molecule has 1 atom stereocenters. The van der Waals surface area contributed by atoms with Gasteiger partial charge in [-0.15, -0.1) is 0 Å². The summed E-state index contributed by atoms with van der Waals surface area (Å²) in [5.41, 5.74) is 2.89. The zero-order valence-electron chi connectivity index (χ0n) is 22.8. The largest absolute Gasteiger partial charge is 0.497 e. The average molecular weight is 562 g/mol. The Bertz CT molecular complexity index is 2000. The van der Waals surface area contributed by atoms with Crippen LogP contribution in [0.3, 0.4) is 0 Å². The van der Waals surface area contributed by atoms with Crippen molar-refractivity contribution in [1.82, 2.24) is 4.57 Å². The molecule has 0 unspecified atom stereocenters. The van der Waals surface area contributed by atoms with E-state index in [2.05, 4.69) is 5.32 Å². The van der Waals surface area contributed by atoms with Crippen molar-refractivity contribution >= 4 is 39.8 Å². The van der Waals surface area contributed by atoms with Gasteiger partial charge in [-0.25, -0.2) is 4.99 Å². The topological polar surface area (TPSA) is 81.9 Å². The van der Waals surface area contributed by atoms with Gasteiger partial charge in [0, 0.05) is 17.3 Å². The van der Waals surface area contributed by atoms with Gasteiger partial charge in [-0.3, -0.25) is 14.2 Å². The molecule has 8 heteroatoms. The van der Waals surface area contributed by atoms with Crippen molar-refractivity contribution in [2.45, 2.75) is 13.0 Å². The highest BCUT2D eigenvalue weighted by Gasteiger charge is 2.34. The Kier molecular flexibility index (Phi) is 6.99. The third-order valence-corrected chi connectivity index (χ3v) is 8.13. The summed E-state index contributed by atoms with van der Waals surface area (Å²) in [7, 11) is 3.14. The summed E-state index contributed by atoms with van der Waals surface area (Å²) in [6.45, 7) is 1.80. The fraction of sp³-hybridized carbons (Fsp3) is 0.121. The van der Waals surface area contributed by atoms with Crippen molar-refractivity contribution in [2.75, 3.05) is 19.5 Å².